The Kier molecular flexibility index (Phi) is 2.63. The van der Waals surface area contributed by atoms with Gasteiger partial charge in [0.2, 0.25) is 0 Å². The first-order valence-corrected chi connectivity index (χ1v) is 4.68. The van der Waals surface area contributed by atoms with E-state index in [-0.39, 0.29) is 5.75 Å². The van der Waals surface area contributed by atoms with E-state index in [9.17, 15) is 5.11 Å². The molecule has 0 radical (unpaired) electrons. The fourth-order valence-corrected chi connectivity index (χ4v) is 1.76. The van der Waals surface area contributed by atoms with Crippen LogP contribution in [0.1, 0.15) is 22.3 Å². The van der Waals surface area contributed by atoms with Crippen molar-refractivity contribution < 1.29 is 5.11 Å². The van der Waals surface area contributed by atoms with Crippen LogP contribution in [0.25, 0.3) is 0 Å². The number of hydrogen-bond acceptors (Lipinski definition) is 2. The van der Waals surface area contributed by atoms with E-state index < -0.39 is 0 Å². The lowest BCUT2D eigenvalue weighted by molar-refractivity contribution is 0.466. The third-order valence-electron chi connectivity index (χ3n) is 2.32. The van der Waals surface area contributed by atoms with Crippen molar-refractivity contribution in [2.24, 2.45) is 0 Å². The number of halogens is 1. The van der Waals surface area contributed by atoms with Gasteiger partial charge in [0, 0.05) is 0 Å². The Morgan fingerprint density at radius 3 is 2.15 bits per heavy atom. The van der Waals surface area contributed by atoms with Gasteiger partial charge in [-0.1, -0.05) is 0 Å². The van der Waals surface area contributed by atoms with E-state index in [4.69, 9.17) is 5.26 Å². The Labute approximate surface area is 85.9 Å². The first-order valence-electron chi connectivity index (χ1n) is 3.89. The van der Waals surface area contributed by atoms with Crippen LogP contribution < -0.4 is 0 Å². The van der Waals surface area contributed by atoms with E-state index in [1.807, 2.05) is 13.8 Å². The Hall–Kier alpha value is -1.01. The van der Waals surface area contributed by atoms with Crippen molar-refractivity contribution in [3.8, 4) is 11.8 Å². The van der Waals surface area contributed by atoms with Crippen molar-refractivity contribution in [1.29, 1.82) is 5.26 Å². The Bertz CT molecular complexity index is 375. The zero-order valence-corrected chi connectivity index (χ0v) is 9.36. The molecule has 0 saturated carbocycles. The van der Waals surface area contributed by atoms with Gasteiger partial charge in [-0.05, 0) is 53.4 Å². The van der Waals surface area contributed by atoms with Crippen molar-refractivity contribution in [2.75, 3.05) is 0 Å². The lowest BCUT2D eigenvalue weighted by atomic mass is 9.98. The lowest BCUT2D eigenvalue weighted by Crippen LogP contribution is -1.94. The molecular formula is C10H10BrNO. The fraction of sp³-hybridized carbons (Fsp3) is 0.300. The summed E-state index contributed by atoms with van der Waals surface area (Å²) in [6, 6.07) is 2.13. The number of nitrogens with zero attached hydrogens (tertiary/aromatic N) is 1. The quantitative estimate of drug-likeness (QED) is 0.757. The normalized spacial score (nSPS) is 9.77. The maximum absolute atomic E-state index is 9.63. The van der Waals surface area contributed by atoms with Crippen LogP contribution in [0.2, 0.25) is 0 Å². The number of nitriles is 1. The SMILES string of the molecule is Cc1c(C)c(C#N)c(C)c(Br)c1O. The molecule has 1 N–H and O–H groups in total. The first kappa shape index (κ1) is 10.1. The monoisotopic (exact) mass is 239 g/mol. The summed E-state index contributed by atoms with van der Waals surface area (Å²) in [6.07, 6.45) is 0. The van der Waals surface area contributed by atoms with E-state index in [0.717, 1.165) is 16.7 Å². The highest BCUT2D eigenvalue weighted by atomic mass is 79.9. The largest absolute Gasteiger partial charge is 0.506 e. The second kappa shape index (κ2) is 3.39. The second-order valence-corrected chi connectivity index (χ2v) is 3.82. The molecule has 0 unspecified atom stereocenters. The van der Waals surface area contributed by atoms with Crippen LogP contribution in [0.3, 0.4) is 0 Å². The van der Waals surface area contributed by atoms with Crippen molar-refractivity contribution >= 4 is 15.9 Å². The van der Waals surface area contributed by atoms with Crippen molar-refractivity contribution in [1.82, 2.24) is 0 Å². The highest BCUT2D eigenvalue weighted by Crippen LogP contribution is 2.35. The minimum atomic E-state index is 0.231. The number of phenols is 1. The molecule has 68 valence electrons. The number of phenolic OH excluding ortho intramolecular Hbond substituents is 1. The van der Waals surface area contributed by atoms with Crippen molar-refractivity contribution in [2.45, 2.75) is 20.8 Å². The number of hydrogen-bond donors (Lipinski definition) is 1. The summed E-state index contributed by atoms with van der Waals surface area (Å²) in [7, 11) is 0. The molecule has 1 aromatic rings. The number of aromatic hydroxyl groups is 1. The van der Waals surface area contributed by atoms with Crippen LogP contribution in [0.4, 0.5) is 0 Å². The molecule has 3 heteroatoms. The minimum Gasteiger partial charge on any atom is -0.506 e. The maximum Gasteiger partial charge on any atom is 0.133 e. The highest BCUT2D eigenvalue weighted by molar-refractivity contribution is 9.10. The van der Waals surface area contributed by atoms with E-state index >= 15 is 0 Å². The number of rotatable bonds is 0. The first-order chi connectivity index (χ1) is 6.00. The lowest BCUT2D eigenvalue weighted by Gasteiger charge is -2.11. The second-order valence-electron chi connectivity index (χ2n) is 3.02. The summed E-state index contributed by atoms with van der Waals surface area (Å²) < 4.78 is 0.618. The molecule has 1 rings (SSSR count). The van der Waals surface area contributed by atoms with Crippen LogP contribution >= 0.6 is 15.9 Å². The fourth-order valence-electron chi connectivity index (χ4n) is 1.27. The van der Waals surface area contributed by atoms with Crippen LogP contribution in [0, 0.1) is 32.1 Å². The Morgan fingerprint density at radius 2 is 1.69 bits per heavy atom. The van der Waals surface area contributed by atoms with E-state index in [2.05, 4.69) is 22.0 Å². The van der Waals surface area contributed by atoms with Gasteiger partial charge in [-0.15, -0.1) is 0 Å². The van der Waals surface area contributed by atoms with E-state index in [1.165, 1.54) is 0 Å². The molecule has 0 saturated heterocycles. The summed E-state index contributed by atoms with van der Waals surface area (Å²) in [4.78, 5) is 0. The zero-order valence-electron chi connectivity index (χ0n) is 7.77. The molecule has 2 nitrogen and oxygen atoms in total. The van der Waals surface area contributed by atoms with Gasteiger partial charge in [-0.2, -0.15) is 5.26 Å². The Balaban J connectivity index is 3.69. The van der Waals surface area contributed by atoms with Crippen molar-refractivity contribution in [3.05, 3.63) is 26.7 Å². The van der Waals surface area contributed by atoms with Crippen LogP contribution in [-0.2, 0) is 0 Å². The minimum absolute atomic E-state index is 0.231. The van der Waals surface area contributed by atoms with Gasteiger partial charge in [0.25, 0.3) is 0 Å². The molecule has 0 aliphatic heterocycles. The topological polar surface area (TPSA) is 44.0 Å². The van der Waals surface area contributed by atoms with Gasteiger partial charge in [0.05, 0.1) is 16.1 Å². The average Bonchev–Trinajstić information content (AvgIpc) is 2.13. The van der Waals surface area contributed by atoms with Gasteiger partial charge < -0.3 is 5.11 Å². The van der Waals surface area contributed by atoms with Crippen LogP contribution in [-0.4, -0.2) is 5.11 Å². The van der Waals surface area contributed by atoms with Crippen molar-refractivity contribution in [3.63, 3.8) is 0 Å². The standard InChI is InChI=1S/C10H10BrNO/c1-5-6(2)10(13)9(11)7(3)8(5)4-12/h13H,1-3H3. The molecule has 1 aromatic carbocycles. The maximum atomic E-state index is 9.63. The molecule has 0 aliphatic carbocycles. The summed E-state index contributed by atoms with van der Waals surface area (Å²) in [5.74, 6) is 0.231. The molecule has 0 spiro atoms. The molecule has 0 amide bonds. The zero-order chi connectivity index (χ0) is 10.2. The van der Waals surface area contributed by atoms with Gasteiger partial charge in [0.15, 0.2) is 0 Å². The predicted molar refractivity (Wildman–Crippen MR) is 54.7 cm³/mol. The Morgan fingerprint density at radius 1 is 1.15 bits per heavy atom. The molecule has 0 fully saturated rings. The molecular weight excluding hydrogens is 230 g/mol. The number of benzene rings is 1. The average molecular weight is 240 g/mol. The van der Waals surface area contributed by atoms with E-state index in [1.54, 1.807) is 6.92 Å². The highest BCUT2D eigenvalue weighted by Gasteiger charge is 2.14. The van der Waals surface area contributed by atoms with Crippen LogP contribution in [0.5, 0.6) is 5.75 Å². The molecule has 0 bridgehead atoms. The molecule has 0 aromatic heterocycles. The molecule has 0 heterocycles. The van der Waals surface area contributed by atoms with Crippen LogP contribution in [0.15, 0.2) is 4.47 Å². The van der Waals surface area contributed by atoms with E-state index in [0.29, 0.717) is 10.0 Å². The summed E-state index contributed by atoms with van der Waals surface area (Å²) in [5, 5.41) is 18.5. The third-order valence-corrected chi connectivity index (χ3v) is 3.29. The predicted octanol–water partition coefficient (Wildman–Crippen LogP) is 2.95. The summed E-state index contributed by atoms with van der Waals surface area (Å²) in [5.41, 5.74) is 3.04. The summed E-state index contributed by atoms with van der Waals surface area (Å²) in [6.45, 7) is 5.46. The smallest absolute Gasteiger partial charge is 0.133 e. The van der Waals surface area contributed by atoms with Gasteiger partial charge >= 0.3 is 0 Å². The van der Waals surface area contributed by atoms with Gasteiger partial charge in [-0.25, -0.2) is 0 Å². The molecule has 13 heavy (non-hydrogen) atoms. The third kappa shape index (κ3) is 1.42. The van der Waals surface area contributed by atoms with Gasteiger partial charge in [0.1, 0.15) is 5.75 Å². The summed E-state index contributed by atoms with van der Waals surface area (Å²) >= 11 is 3.25. The molecule has 0 atom stereocenters. The van der Waals surface area contributed by atoms with Gasteiger partial charge in [-0.3, -0.25) is 0 Å². The molecule has 0 aliphatic rings.